The second-order valence-corrected chi connectivity index (χ2v) is 5.41. The Morgan fingerprint density at radius 3 is 2.15 bits per heavy atom. The zero-order chi connectivity index (χ0) is 14.5. The van der Waals surface area contributed by atoms with Crippen LogP contribution in [0.1, 0.15) is 42.6 Å². The maximum atomic E-state index is 10.2. The zero-order valence-corrected chi connectivity index (χ0v) is 12.3. The summed E-state index contributed by atoms with van der Waals surface area (Å²) in [5.41, 5.74) is 3.25. The van der Waals surface area contributed by atoms with Gasteiger partial charge in [0, 0.05) is 0 Å². The van der Waals surface area contributed by atoms with Crippen LogP contribution in [-0.2, 0) is 0 Å². The SMILES string of the molecule is Cc1ccccc1OCC(O)c1ccc(C(C)C)cc1. The summed E-state index contributed by atoms with van der Waals surface area (Å²) in [6.45, 7) is 6.59. The summed E-state index contributed by atoms with van der Waals surface area (Å²) in [7, 11) is 0. The average molecular weight is 270 g/mol. The molecule has 2 nitrogen and oxygen atoms in total. The summed E-state index contributed by atoms with van der Waals surface area (Å²) in [6, 6.07) is 15.9. The van der Waals surface area contributed by atoms with Crippen molar-refractivity contribution in [1.29, 1.82) is 0 Å². The summed E-state index contributed by atoms with van der Waals surface area (Å²) in [5.74, 6) is 1.33. The van der Waals surface area contributed by atoms with Crippen molar-refractivity contribution in [3.63, 3.8) is 0 Å². The lowest BCUT2D eigenvalue weighted by Gasteiger charge is -2.15. The van der Waals surface area contributed by atoms with E-state index in [-0.39, 0.29) is 6.61 Å². The Hall–Kier alpha value is -1.80. The lowest BCUT2D eigenvalue weighted by molar-refractivity contribution is 0.108. The van der Waals surface area contributed by atoms with Gasteiger partial charge in [-0.25, -0.2) is 0 Å². The van der Waals surface area contributed by atoms with Gasteiger partial charge in [-0.2, -0.15) is 0 Å². The lowest BCUT2D eigenvalue weighted by atomic mass is 10.0. The molecule has 1 unspecified atom stereocenters. The van der Waals surface area contributed by atoms with Gasteiger partial charge in [-0.05, 0) is 35.6 Å². The predicted molar refractivity (Wildman–Crippen MR) is 82.2 cm³/mol. The highest BCUT2D eigenvalue weighted by Gasteiger charge is 2.10. The molecule has 1 N–H and O–H groups in total. The van der Waals surface area contributed by atoms with Crippen molar-refractivity contribution < 1.29 is 9.84 Å². The number of aliphatic hydroxyl groups is 1. The summed E-state index contributed by atoms with van der Waals surface area (Å²) in [4.78, 5) is 0. The molecule has 0 aromatic heterocycles. The van der Waals surface area contributed by atoms with Crippen LogP contribution in [0.2, 0.25) is 0 Å². The molecule has 0 aliphatic rings. The van der Waals surface area contributed by atoms with Crippen LogP contribution in [0.5, 0.6) is 5.75 Å². The van der Waals surface area contributed by atoms with E-state index in [2.05, 4.69) is 26.0 Å². The van der Waals surface area contributed by atoms with Crippen LogP contribution in [0.3, 0.4) is 0 Å². The van der Waals surface area contributed by atoms with Gasteiger partial charge in [-0.1, -0.05) is 56.3 Å². The summed E-state index contributed by atoms with van der Waals surface area (Å²) >= 11 is 0. The van der Waals surface area contributed by atoms with Gasteiger partial charge in [0.15, 0.2) is 0 Å². The van der Waals surface area contributed by atoms with Crippen LogP contribution in [0.25, 0.3) is 0 Å². The molecule has 2 rings (SSSR count). The van der Waals surface area contributed by atoms with Crippen LogP contribution in [0.4, 0.5) is 0 Å². The molecule has 1 atom stereocenters. The molecule has 0 amide bonds. The molecule has 0 fully saturated rings. The highest BCUT2D eigenvalue weighted by molar-refractivity contribution is 5.32. The van der Waals surface area contributed by atoms with Crippen LogP contribution in [0.15, 0.2) is 48.5 Å². The van der Waals surface area contributed by atoms with Crippen molar-refractivity contribution in [1.82, 2.24) is 0 Å². The van der Waals surface area contributed by atoms with Crippen molar-refractivity contribution in [3.05, 3.63) is 65.2 Å². The summed E-state index contributed by atoms with van der Waals surface area (Å²) < 4.78 is 5.68. The molecule has 0 bridgehead atoms. The molecule has 2 heteroatoms. The Morgan fingerprint density at radius 1 is 0.950 bits per heavy atom. The van der Waals surface area contributed by atoms with Gasteiger partial charge in [0.05, 0.1) is 0 Å². The molecule has 0 aliphatic carbocycles. The van der Waals surface area contributed by atoms with E-state index < -0.39 is 6.10 Å². The van der Waals surface area contributed by atoms with Gasteiger partial charge >= 0.3 is 0 Å². The van der Waals surface area contributed by atoms with Gasteiger partial charge < -0.3 is 9.84 Å². The molecule has 0 aliphatic heterocycles. The minimum absolute atomic E-state index is 0.270. The van der Waals surface area contributed by atoms with E-state index in [9.17, 15) is 5.11 Å². The van der Waals surface area contributed by atoms with E-state index in [4.69, 9.17) is 4.74 Å². The average Bonchev–Trinajstić information content (AvgIpc) is 2.46. The van der Waals surface area contributed by atoms with E-state index in [0.717, 1.165) is 16.9 Å². The number of rotatable bonds is 5. The Kier molecular flexibility index (Phi) is 4.80. The molecule has 2 aromatic carbocycles. The summed E-state index contributed by atoms with van der Waals surface area (Å²) in [6.07, 6.45) is -0.601. The highest BCUT2D eigenvalue weighted by Crippen LogP contribution is 2.21. The molecule has 0 saturated heterocycles. The van der Waals surface area contributed by atoms with Gasteiger partial charge in [0.2, 0.25) is 0 Å². The molecule has 20 heavy (non-hydrogen) atoms. The second-order valence-electron chi connectivity index (χ2n) is 5.41. The Bertz CT molecular complexity index is 544. The van der Waals surface area contributed by atoms with Gasteiger partial charge in [0.1, 0.15) is 18.5 Å². The van der Waals surface area contributed by atoms with Crippen LogP contribution >= 0.6 is 0 Å². The minimum atomic E-state index is -0.601. The second kappa shape index (κ2) is 6.58. The normalized spacial score (nSPS) is 12.4. The van der Waals surface area contributed by atoms with Crippen LogP contribution in [-0.4, -0.2) is 11.7 Å². The predicted octanol–water partition coefficient (Wildman–Crippen LogP) is 4.23. The minimum Gasteiger partial charge on any atom is -0.490 e. The molecular formula is C18H22O2. The number of ether oxygens (including phenoxy) is 1. The molecule has 0 radical (unpaired) electrons. The fourth-order valence-electron chi connectivity index (χ4n) is 2.09. The molecule has 2 aromatic rings. The molecule has 0 spiro atoms. The van der Waals surface area contributed by atoms with E-state index >= 15 is 0 Å². The molecular weight excluding hydrogens is 248 g/mol. The van der Waals surface area contributed by atoms with E-state index in [1.165, 1.54) is 5.56 Å². The van der Waals surface area contributed by atoms with Crippen molar-refractivity contribution in [2.24, 2.45) is 0 Å². The van der Waals surface area contributed by atoms with Crippen molar-refractivity contribution in [3.8, 4) is 5.75 Å². The zero-order valence-electron chi connectivity index (χ0n) is 12.3. The number of aryl methyl sites for hydroxylation is 1. The fourth-order valence-corrected chi connectivity index (χ4v) is 2.09. The molecule has 0 saturated carbocycles. The maximum Gasteiger partial charge on any atom is 0.122 e. The standard InChI is InChI=1S/C18H22O2/c1-13(2)15-8-10-16(11-9-15)17(19)12-20-18-7-5-4-6-14(18)3/h4-11,13,17,19H,12H2,1-3H3. The van der Waals surface area contributed by atoms with Crippen molar-refractivity contribution >= 4 is 0 Å². The number of benzene rings is 2. The highest BCUT2D eigenvalue weighted by atomic mass is 16.5. The first-order valence-electron chi connectivity index (χ1n) is 7.04. The van der Waals surface area contributed by atoms with Gasteiger partial charge in [-0.15, -0.1) is 0 Å². The fraction of sp³-hybridized carbons (Fsp3) is 0.333. The third-order valence-corrected chi connectivity index (χ3v) is 3.48. The van der Waals surface area contributed by atoms with E-state index in [0.29, 0.717) is 5.92 Å². The van der Waals surface area contributed by atoms with E-state index in [1.807, 2.05) is 43.3 Å². The van der Waals surface area contributed by atoms with Crippen LogP contribution in [0, 0.1) is 6.92 Å². The lowest BCUT2D eigenvalue weighted by Crippen LogP contribution is -2.10. The van der Waals surface area contributed by atoms with Gasteiger partial charge in [-0.3, -0.25) is 0 Å². The monoisotopic (exact) mass is 270 g/mol. The topological polar surface area (TPSA) is 29.5 Å². The first-order chi connectivity index (χ1) is 9.58. The number of hydrogen-bond donors (Lipinski definition) is 1. The largest absolute Gasteiger partial charge is 0.490 e. The maximum absolute atomic E-state index is 10.2. The quantitative estimate of drug-likeness (QED) is 0.881. The third-order valence-electron chi connectivity index (χ3n) is 3.48. The van der Waals surface area contributed by atoms with E-state index in [1.54, 1.807) is 0 Å². The van der Waals surface area contributed by atoms with Crippen molar-refractivity contribution in [2.45, 2.75) is 32.8 Å². The molecule has 106 valence electrons. The van der Waals surface area contributed by atoms with Gasteiger partial charge in [0.25, 0.3) is 0 Å². The Balaban J connectivity index is 1.98. The smallest absolute Gasteiger partial charge is 0.122 e. The Labute approximate surface area is 121 Å². The number of aliphatic hydroxyl groups excluding tert-OH is 1. The van der Waals surface area contributed by atoms with Crippen molar-refractivity contribution in [2.75, 3.05) is 6.61 Å². The Morgan fingerprint density at radius 2 is 1.55 bits per heavy atom. The molecule has 0 heterocycles. The third kappa shape index (κ3) is 3.61. The number of para-hydroxylation sites is 1. The van der Waals surface area contributed by atoms with Crippen LogP contribution < -0.4 is 4.74 Å². The number of hydrogen-bond acceptors (Lipinski definition) is 2. The first-order valence-corrected chi connectivity index (χ1v) is 7.04. The first kappa shape index (κ1) is 14.6. The summed E-state index contributed by atoms with van der Waals surface area (Å²) in [5, 5.41) is 10.2.